The predicted octanol–water partition coefficient (Wildman–Crippen LogP) is 5.05. The van der Waals surface area contributed by atoms with Crippen LogP contribution in [0.3, 0.4) is 0 Å². The first-order valence-electron chi connectivity index (χ1n) is 16.0. The lowest BCUT2D eigenvalue weighted by molar-refractivity contribution is 0.146. The van der Waals surface area contributed by atoms with Crippen LogP contribution in [0.4, 0.5) is 11.6 Å². The van der Waals surface area contributed by atoms with Gasteiger partial charge in [0.1, 0.15) is 11.9 Å². The first-order chi connectivity index (χ1) is 21.3. The van der Waals surface area contributed by atoms with E-state index in [0.717, 1.165) is 31.5 Å². The van der Waals surface area contributed by atoms with Gasteiger partial charge in [0.05, 0.1) is 29.4 Å². The minimum atomic E-state index is -4.03. The van der Waals surface area contributed by atoms with Crippen LogP contribution in [0.2, 0.25) is 0 Å². The molecule has 0 amide bonds. The van der Waals surface area contributed by atoms with Crippen molar-refractivity contribution in [3.05, 3.63) is 71.0 Å². The number of methoxy groups -OCH3 is 1. The zero-order valence-electron chi connectivity index (χ0n) is 26.2. The van der Waals surface area contributed by atoms with Crippen molar-refractivity contribution in [1.29, 1.82) is 0 Å². The maximum Gasteiger partial charge on any atom is 0.265 e. The third-order valence-corrected chi connectivity index (χ3v) is 11.8. The number of aromatic nitrogens is 2. The quantitative estimate of drug-likeness (QED) is 0.356. The van der Waals surface area contributed by atoms with Gasteiger partial charge in [-0.05, 0) is 119 Å². The van der Waals surface area contributed by atoms with Crippen LogP contribution in [0.1, 0.15) is 67.0 Å². The van der Waals surface area contributed by atoms with Gasteiger partial charge >= 0.3 is 0 Å². The number of rotatable bonds is 9. The second-order valence-electron chi connectivity index (χ2n) is 12.6. The number of aliphatic hydroxyl groups is 1. The number of nitrogens with zero attached hydrogens (tertiary/aromatic N) is 5. The highest BCUT2D eigenvalue weighted by molar-refractivity contribution is 7.93. The monoisotopic (exact) mass is 619 g/mol. The van der Waals surface area contributed by atoms with E-state index in [1.807, 2.05) is 24.3 Å². The van der Waals surface area contributed by atoms with Crippen LogP contribution in [0.5, 0.6) is 5.75 Å². The zero-order valence-corrected chi connectivity index (χ0v) is 27.0. The lowest BCUT2D eigenvalue weighted by atomic mass is 9.93. The Morgan fingerprint density at radius 3 is 2.41 bits per heavy atom. The van der Waals surface area contributed by atoms with Gasteiger partial charge in [-0.15, -0.1) is 0 Å². The second-order valence-corrected chi connectivity index (χ2v) is 14.4. The van der Waals surface area contributed by atoms with Gasteiger partial charge in [0.2, 0.25) is 5.95 Å². The third kappa shape index (κ3) is 6.17. The van der Waals surface area contributed by atoms with Crippen molar-refractivity contribution >= 4 is 21.7 Å². The van der Waals surface area contributed by atoms with Gasteiger partial charge in [-0.25, -0.2) is 18.4 Å². The molecule has 4 heterocycles. The van der Waals surface area contributed by atoms with E-state index < -0.39 is 22.2 Å². The molecule has 0 bridgehead atoms. The molecule has 2 atom stereocenters. The van der Waals surface area contributed by atoms with Crippen LogP contribution >= 0.6 is 0 Å². The lowest BCUT2D eigenvalue weighted by Gasteiger charge is -2.34. The summed E-state index contributed by atoms with van der Waals surface area (Å²) in [5.41, 5.74) is 3.10. The average Bonchev–Trinajstić information content (AvgIpc) is 3.44. The molecular formula is C34H45N5O4S. The van der Waals surface area contributed by atoms with Crippen LogP contribution in [-0.4, -0.2) is 74.3 Å². The number of hydrogen-bond donors (Lipinski definition) is 1. The van der Waals surface area contributed by atoms with E-state index in [-0.39, 0.29) is 4.90 Å². The van der Waals surface area contributed by atoms with Gasteiger partial charge in [0.15, 0.2) is 0 Å². The highest BCUT2D eigenvalue weighted by Crippen LogP contribution is 2.42. The van der Waals surface area contributed by atoms with Crippen molar-refractivity contribution in [3.8, 4) is 5.75 Å². The largest absolute Gasteiger partial charge is 0.497 e. The Morgan fingerprint density at radius 2 is 1.70 bits per heavy atom. The summed E-state index contributed by atoms with van der Waals surface area (Å²) in [6, 6.07) is 11.9. The molecule has 2 aromatic carbocycles. The van der Waals surface area contributed by atoms with E-state index in [0.29, 0.717) is 46.5 Å². The third-order valence-electron chi connectivity index (χ3n) is 9.68. The number of anilines is 2. The number of ether oxygens (including phenoxy) is 1. The van der Waals surface area contributed by atoms with Crippen molar-refractivity contribution in [2.75, 3.05) is 49.0 Å². The minimum Gasteiger partial charge on any atom is -0.497 e. The van der Waals surface area contributed by atoms with Crippen molar-refractivity contribution in [2.24, 2.45) is 5.92 Å². The fourth-order valence-electron chi connectivity index (χ4n) is 7.31. The van der Waals surface area contributed by atoms with E-state index in [2.05, 4.69) is 14.8 Å². The highest BCUT2D eigenvalue weighted by Gasteiger charge is 2.44. The molecule has 3 aliphatic rings. The number of hydrogen-bond acceptors (Lipinski definition) is 8. The van der Waals surface area contributed by atoms with Crippen molar-refractivity contribution in [2.45, 2.75) is 75.8 Å². The Balaban J connectivity index is 1.21. The van der Waals surface area contributed by atoms with Crippen LogP contribution in [0.25, 0.3) is 0 Å². The summed E-state index contributed by atoms with van der Waals surface area (Å²) >= 11 is 0. The maximum absolute atomic E-state index is 14.4. The standard InChI is InChI=1S/C34H45N5O4S/c1-24-21-28(43-3)22-25(2)33(24)44(41,42)39-30-10-6-5-9-27(30)23-31(39)32(40)29-11-15-35-34(36-29)38-19-13-26(14-20-38)12-18-37-16-7-4-8-17-37/h5-6,9-11,15,21-22,26,31-32,40H,4,7-8,12-14,16-20,23H2,1-3H3/t31-,32?/m0/s1. The van der Waals surface area contributed by atoms with E-state index in [9.17, 15) is 13.5 Å². The normalized spacial score (nSPS) is 20.5. The van der Waals surface area contributed by atoms with Gasteiger partial charge in [-0.2, -0.15) is 0 Å². The summed E-state index contributed by atoms with van der Waals surface area (Å²) in [5.74, 6) is 1.92. The smallest absolute Gasteiger partial charge is 0.265 e. The van der Waals surface area contributed by atoms with E-state index in [1.165, 1.54) is 49.6 Å². The molecule has 1 N–H and O–H groups in total. The summed E-state index contributed by atoms with van der Waals surface area (Å²) in [7, 11) is -2.46. The fraction of sp³-hybridized carbons (Fsp3) is 0.529. The predicted molar refractivity (Wildman–Crippen MR) is 173 cm³/mol. The number of likely N-dealkylation sites (tertiary alicyclic amines) is 1. The number of aliphatic hydroxyl groups excluding tert-OH is 1. The molecule has 2 saturated heterocycles. The molecule has 2 fully saturated rings. The molecule has 236 valence electrons. The first kappa shape index (κ1) is 30.8. The van der Waals surface area contributed by atoms with E-state index in [1.54, 1.807) is 45.4 Å². The minimum absolute atomic E-state index is 0.235. The number of aryl methyl sites for hydroxylation is 2. The van der Waals surface area contributed by atoms with Gasteiger partial charge in [-0.1, -0.05) is 24.6 Å². The molecule has 1 unspecified atom stereocenters. The summed E-state index contributed by atoms with van der Waals surface area (Å²) in [6.07, 6.45) is 8.40. The van der Waals surface area contributed by atoms with Gasteiger partial charge in [0, 0.05) is 19.3 Å². The molecule has 0 radical (unpaired) electrons. The number of benzene rings is 2. The Kier molecular flexibility index (Phi) is 9.12. The number of piperidine rings is 2. The van der Waals surface area contributed by atoms with Crippen molar-refractivity contribution in [3.63, 3.8) is 0 Å². The number of sulfonamides is 1. The number of para-hydroxylation sites is 1. The summed E-state index contributed by atoms with van der Waals surface area (Å²) in [6.45, 7) is 9.01. The second kappa shape index (κ2) is 13.0. The molecule has 3 aliphatic heterocycles. The molecule has 44 heavy (non-hydrogen) atoms. The van der Waals surface area contributed by atoms with Gasteiger partial charge < -0.3 is 19.6 Å². The Morgan fingerprint density at radius 1 is 1.00 bits per heavy atom. The Bertz CT molecular complexity index is 1540. The van der Waals surface area contributed by atoms with Crippen molar-refractivity contribution < 1.29 is 18.3 Å². The molecule has 6 rings (SSSR count). The summed E-state index contributed by atoms with van der Waals surface area (Å²) in [4.78, 5) is 14.4. The average molecular weight is 620 g/mol. The molecule has 3 aromatic rings. The fourth-order valence-corrected chi connectivity index (χ4v) is 9.42. The van der Waals surface area contributed by atoms with Crippen LogP contribution in [-0.2, 0) is 16.4 Å². The first-order valence-corrected chi connectivity index (χ1v) is 17.5. The highest BCUT2D eigenvalue weighted by atomic mass is 32.2. The SMILES string of the molecule is COc1cc(C)c(S(=O)(=O)N2c3ccccc3C[C@H]2C(O)c2ccnc(N3CCC(CCN4CCCCC4)CC3)n2)c(C)c1. The van der Waals surface area contributed by atoms with Gasteiger partial charge in [0.25, 0.3) is 10.0 Å². The molecule has 0 aliphatic carbocycles. The topological polar surface area (TPSA) is 99.1 Å². The Hall–Kier alpha value is -3.21. The molecule has 0 saturated carbocycles. The summed E-state index contributed by atoms with van der Waals surface area (Å²) < 4.78 is 35.6. The van der Waals surface area contributed by atoms with Crippen molar-refractivity contribution in [1.82, 2.24) is 14.9 Å². The van der Waals surface area contributed by atoms with E-state index in [4.69, 9.17) is 9.72 Å². The molecule has 1 aromatic heterocycles. The van der Waals surface area contributed by atoms with Crippen LogP contribution in [0, 0.1) is 19.8 Å². The lowest BCUT2D eigenvalue weighted by Crippen LogP contribution is -2.42. The van der Waals surface area contributed by atoms with E-state index >= 15 is 0 Å². The molecular weight excluding hydrogens is 574 g/mol. The van der Waals surface area contributed by atoms with Crippen LogP contribution < -0.4 is 13.9 Å². The summed E-state index contributed by atoms with van der Waals surface area (Å²) in [5, 5.41) is 11.8. The zero-order chi connectivity index (χ0) is 30.8. The Labute approximate surface area is 261 Å². The van der Waals surface area contributed by atoms with Crippen LogP contribution in [0.15, 0.2) is 53.6 Å². The van der Waals surface area contributed by atoms with Gasteiger partial charge in [-0.3, -0.25) is 4.31 Å². The number of fused-ring (bicyclic) bond motifs is 1. The molecule has 9 nitrogen and oxygen atoms in total. The molecule has 0 spiro atoms. The molecule has 10 heteroatoms. The maximum atomic E-state index is 14.4.